The van der Waals surface area contributed by atoms with Crippen molar-refractivity contribution in [2.75, 3.05) is 16.9 Å². The van der Waals surface area contributed by atoms with E-state index in [1.165, 1.54) is 29.1 Å². The van der Waals surface area contributed by atoms with Crippen molar-refractivity contribution in [3.8, 4) is 0 Å². The van der Waals surface area contributed by atoms with E-state index in [1.54, 1.807) is 37.4 Å². The van der Waals surface area contributed by atoms with Crippen molar-refractivity contribution < 1.29 is 30.7 Å². The number of nitrogens with zero attached hydrogens (tertiary/aromatic N) is 3. The summed E-state index contributed by atoms with van der Waals surface area (Å²) in [5, 5.41) is 2.91. The minimum absolute atomic E-state index is 0.0440. The molecule has 4 aromatic rings. The van der Waals surface area contributed by atoms with Crippen molar-refractivity contribution in [3.05, 3.63) is 82.6 Å². The molecule has 35 heavy (non-hydrogen) atoms. The molecule has 4 rings (SSSR count). The van der Waals surface area contributed by atoms with Gasteiger partial charge in [-0.1, -0.05) is 46.3 Å². The Bertz CT molecular complexity index is 1470. The van der Waals surface area contributed by atoms with Crippen LogP contribution in [0.2, 0.25) is 0 Å². The van der Waals surface area contributed by atoms with Crippen molar-refractivity contribution in [2.45, 2.75) is 6.61 Å². The number of esters is 1. The number of amides is 1. The number of carbonyl (C=O) groups excluding carboxylic acids is 2. The van der Waals surface area contributed by atoms with Gasteiger partial charge in [0, 0.05) is 11.5 Å². The summed E-state index contributed by atoms with van der Waals surface area (Å²) < 4.78 is 53.1. The quantitative estimate of drug-likeness (QED) is 0.181. The number of fused-ring (bicyclic) bond motifs is 1. The lowest BCUT2D eigenvalue weighted by Crippen LogP contribution is -2.27. The van der Waals surface area contributed by atoms with Gasteiger partial charge in [0.1, 0.15) is 29.3 Å². The fraction of sp³-hybridized carbons (Fsp3) is 0.125. The first kappa shape index (κ1) is 21.7. The van der Waals surface area contributed by atoms with Crippen LogP contribution in [0.4, 0.5) is 25.8 Å². The number of benzene rings is 3. The van der Waals surface area contributed by atoms with Gasteiger partial charge in [-0.15, -0.1) is 0 Å². The molecule has 1 amide bonds. The van der Waals surface area contributed by atoms with E-state index in [0.717, 1.165) is 6.07 Å². The van der Waals surface area contributed by atoms with Gasteiger partial charge in [0.05, 0.1) is 20.3 Å². The number of aryl methyl sites for hydroxylation is 1. The van der Waals surface area contributed by atoms with Crippen LogP contribution in [0.25, 0.3) is 11.0 Å². The molecule has 0 spiro atoms. The summed E-state index contributed by atoms with van der Waals surface area (Å²) in [6.45, 7) is -3.39. The number of rotatable bonds is 9. The van der Waals surface area contributed by atoms with Crippen molar-refractivity contribution >= 4 is 56.4 Å². The van der Waals surface area contributed by atoms with E-state index in [9.17, 15) is 14.0 Å². The fourth-order valence-electron chi connectivity index (χ4n) is 3.20. The third-order valence-corrected chi connectivity index (χ3v) is 5.40. The van der Waals surface area contributed by atoms with Crippen molar-refractivity contribution in [1.82, 2.24) is 9.55 Å². The minimum atomic E-state index is -3.15. The van der Waals surface area contributed by atoms with E-state index >= 15 is 4.39 Å². The predicted octanol–water partition coefficient (Wildman–Crippen LogP) is 5.00. The maximum absolute atomic E-state index is 15.6. The molecule has 0 fully saturated rings. The van der Waals surface area contributed by atoms with E-state index in [0.29, 0.717) is 15.1 Å². The minimum Gasteiger partial charge on any atom is -0.459 e. The second-order valence-electron chi connectivity index (χ2n) is 7.24. The molecule has 0 unspecified atom stereocenters. The standard InChI is InChI=1S/C24H19BrF2N4O4/c1-30-13-28-23-19(30)10-20(24(22(23)27)29-18-8-7-16(25)9-17(18)26)31(14-32)35-12-21(33)34-11-15-5-3-2-4-6-15/h2-10,13-14,29H,11-12H2,1H3/i12D2. The third kappa shape index (κ3) is 5.47. The first-order valence-electron chi connectivity index (χ1n) is 11.1. The Hall–Kier alpha value is -3.83. The number of hydroxylamine groups is 1. The first-order valence-corrected chi connectivity index (χ1v) is 10.9. The van der Waals surface area contributed by atoms with Gasteiger partial charge >= 0.3 is 5.97 Å². The number of ether oxygens (including phenoxy) is 1. The second kappa shape index (κ2) is 10.6. The van der Waals surface area contributed by atoms with E-state index < -0.39 is 29.9 Å². The summed E-state index contributed by atoms with van der Waals surface area (Å²) in [5.41, 5.74) is -0.196. The number of carbonyl (C=O) groups is 2. The Morgan fingerprint density at radius 2 is 2.03 bits per heavy atom. The molecule has 11 heteroatoms. The van der Waals surface area contributed by atoms with Gasteiger partial charge in [-0.05, 0) is 29.8 Å². The Kier molecular flexibility index (Phi) is 6.58. The molecule has 0 aliphatic carbocycles. The number of aromatic nitrogens is 2. The van der Waals surface area contributed by atoms with Gasteiger partial charge in [0.2, 0.25) is 6.41 Å². The normalized spacial score (nSPS) is 12.1. The summed E-state index contributed by atoms with van der Waals surface area (Å²) in [7, 11) is 1.58. The van der Waals surface area contributed by atoms with Crippen LogP contribution in [0.5, 0.6) is 0 Å². The molecule has 1 aromatic heterocycles. The van der Waals surface area contributed by atoms with Crippen molar-refractivity contribution in [2.24, 2.45) is 7.05 Å². The molecule has 0 saturated heterocycles. The molecule has 0 aliphatic rings. The van der Waals surface area contributed by atoms with E-state index in [-0.39, 0.29) is 35.4 Å². The molecule has 1 heterocycles. The number of hydrogen-bond acceptors (Lipinski definition) is 6. The summed E-state index contributed by atoms with van der Waals surface area (Å²) >= 11 is 3.14. The average Bonchev–Trinajstić information content (AvgIpc) is 3.25. The summed E-state index contributed by atoms with van der Waals surface area (Å²) in [5.74, 6) is -3.11. The lowest BCUT2D eigenvalue weighted by atomic mass is 10.2. The largest absolute Gasteiger partial charge is 0.459 e. The van der Waals surface area contributed by atoms with Gasteiger partial charge in [0.15, 0.2) is 12.4 Å². The first-order chi connectivity index (χ1) is 17.6. The molecule has 0 atom stereocenters. The Balaban J connectivity index is 1.69. The summed E-state index contributed by atoms with van der Waals surface area (Å²) in [4.78, 5) is 33.5. The zero-order valence-corrected chi connectivity index (χ0v) is 19.8. The fourth-order valence-corrected chi connectivity index (χ4v) is 3.53. The maximum Gasteiger partial charge on any atom is 0.335 e. The molecule has 0 bridgehead atoms. The molecule has 3 aromatic carbocycles. The Labute approximate surface area is 210 Å². The molecule has 0 aliphatic heterocycles. The highest BCUT2D eigenvalue weighted by atomic mass is 79.9. The lowest BCUT2D eigenvalue weighted by molar-refractivity contribution is -0.151. The maximum atomic E-state index is 15.6. The van der Waals surface area contributed by atoms with Gasteiger partial charge < -0.3 is 14.6 Å². The smallest absolute Gasteiger partial charge is 0.335 e. The van der Waals surface area contributed by atoms with Crippen LogP contribution < -0.4 is 10.4 Å². The Morgan fingerprint density at radius 3 is 2.74 bits per heavy atom. The van der Waals surface area contributed by atoms with Gasteiger partial charge in [-0.25, -0.2) is 18.6 Å². The highest BCUT2D eigenvalue weighted by Gasteiger charge is 2.23. The highest BCUT2D eigenvalue weighted by molar-refractivity contribution is 9.10. The predicted molar refractivity (Wildman–Crippen MR) is 129 cm³/mol. The van der Waals surface area contributed by atoms with Crippen LogP contribution in [0.1, 0.15) is 8.30 Å². The zero-order valence-electron chi connectivity index (χ0n) is 20.2. The number of halogens is 3. The number of hydrogen-bond donors (Lipinski definition) is 1. The van der Waals surface area contributed by atoms with Crippen LogP contribution >= 0.6 is 15.9 Å². The highest BCUT2D eigenvalue weighted by Crippen LogP contribution is 2.37. The molecule has 8 nitrogen and oxygen atoms in total. The average molecular weight is 547 g/mol. The lowest BCUT2D eigenvalue weighted by Gasteiger charge is -2.21. The van der Waals surface area contributed by atoms with Crippen molar-refractivity contribution in [3.63, 3.8) is 0 Å². The van der Waals surface area contributed by atoms with Crippen LogP contribution in [0.3, 0.4) is 0 Å². The van der Waals surface area contributed by atoms with Crippen LogP contribution in [-0.2, 0) is 32.8 Å². The van der Waals surface area contributed by atoms with Crippen molar-refractivity contribution in [1.29, 1.82) is 0 Å². The van der Waals surface area contributed by atoms with Crippen LogP contribution in [0, 0.1) is 11.6 Å². The zero-order chi connectivity index (χ0) is 26.7. The summed E-state index contributed by atoms with van der Waals surface area (Å²) in [6.07, 6.45) is 1.37. The third-order valence-electron chi connectivity index (χ3n) is 4.90. The molecular formula is C24H19BrF2N4O4. The van der Waals surface area contributed by atoms with Crippen LogP contribution in [-0.4, -0.2) is 28.5 Å². The van der Waals surface area contributed by atoms with Crippen LogP contribution in [0.15, 0.2) is 65.4 Å². The molecular weight excluding hydrogens is 526 g/mol. The van der Waals surface area contributed by atoms with Gasteiger partial charge in [-0.3, -0.25) is 9.63 Å². The topological polar surface area (TPSA) is 85.7 Å². The molecule has 180 valence electrons. The van der Waals surface area contributed by atoms with E-state index in [1.807, 2.05) is 0 Å². The number of nitrogens with one attached hydrogen (secondary N) is 1. The monoisotopic (exact) mass is 546 g/mol. The number of imidazole rings is 1. The van der Waals surface area contributed by atoms with Gasteiger partial charge in [-0.2, -0.15) is 5.06 Å². The molecule has 1 N–H and O–H groups in total. The van der Waals surface area contributed by atoms with E-state index in [4.69, 9.17) is 12.3 Å². The molecule has 0 saturated carbocycles. The SMILES string of the molecule is [2H]C([2H])(ON(C=O)c1cc2c(ncn2C)c(F)c1Nc1ccc(Br)cc1F)C(=O)OCc1ccccc1. The second-order valence-corrected chi connectivity index (χ2v) is 8.16. The molecule has 0 radical (unpaired) electrons. The van der Waals surface area contributed by atoms with E-state index in [2.05, 4.69) is 26.2 Å². The van der Waals surface area contributed by atoms with Gasteiger partial charge in [0.25, 0.3) is 0 Å². The summed E-state index contributed by atoms with van der Waals surface area (Å²) in [6, 6.07) is 13.8. The Morgan fingerprint density at radius 1 is 1.26 bits per heavy atom. The number of anilines is 3.